The number of hydrogen-bond donors (Lipinski definition) is 2. The zero-order valence-corrected chi connectivity index (χ0v) is 12.1. The lowest BCUT2D eigenvalue weighted by atomic mass is 10.2. The van der Waals surface area contributed by atoms with Crippen LogP contribution in [-0.2, 0) is 10.2 Å². The van der Waals surface area contributed by atoms with Gasteiger partial charge in [0, 0.05) is 32.8 Å². The van der Waals surface area contributed by atoms with E-state index in [1.807, 2.05) is 0 Å². The predicted molar refractivity (Wildman–Crippen MR) is 71.5 cm³/mol. The summed E-state index contributed by atoms with van der Waals surface area (Å²) < 4.78 is 27.7. The van der Waals surface area contributed by atoms with Crippen molar-refractivity contribution in [3.8, 4) is 0 Å². The molecule has 0 saturated carbocycles. The van der Waals surface area contributed by atoms with Crippen molar-refractivity contribution in [3.05, 3.63) is 0 Å². The van der Waals surface area contributed by atoms with E-state index < -0.39 is 10.2 Å². The van der Waals surface area contributed by atoms with Gasteiger partial charge in [0.05, 0.1) is 0 Å². The van der Waals surface area contributed by atoms with Gasteiger partial charge in [0.2, 0.25) is 0 Å². The quantitative estimate of drug-likeness (QED) is 0.635. The number of nitrogens with one attached hydrogen (secondary N) is 1. The first-order valence-electron chi connectivity index (χ1n) is 6.57. The highest BCUT2D eigenvalue weighted by Crippen LogP contribution is 2.15. The van der Waals surface area contributed by atoms with Crippen molar-refractivity contribution in [2.45, 2.75) is 32.2 Å². The summed E-state index contributed by atoms with van der Waals surface area (Å²) in [5.74, 6) is 0. The molecule has 18 heavy (non-hydrogen) atoms. The smallest absolute Gasteiger partial charge is 0.279 e. The molecule has 1 aliphatic rings. The summed E-state index contributed by atoms with van der Waals surface area (Å²) in [7, 11) is -1.87. The molecule has 0 aromatic carbocycles. The third-order valence-electron chi connectivity index (χ3n) is 3.45. The van der Waals surface area contributed by atoms with Crippen LogP contribution in [0.5, 0.6) is 0 Å². The van der Waals surface area contributed by atoms with Gasteiger partial charge in [0.25, 0.3) is 10.2 Å². The van der Waals surface area contributed by atoms with E-state index in [1.54, 1.807) is 0 Å². The van der Waals surface area contributed by atoms with E-state index in [0.717, 1.165) is 25.9 Å². The average Bonchev–Trinajstić information content (AvgIpc) is 2.80. The fraction of sp³-hybridized carbons (Fsp3) is 1.00. The predicted octanol–water partition coefficient (Wildman–Crippen LogP) is -0.381. The third kappa shape index (κ3) is 4.47. The molecule has 0 radical (unpaired) electrons. The number of aliphatic hydroxyl groups is 1. The van der Waals surface area contributed by atoms with Crippen molar-refractivity contribution in [2.75, 3.05) is 39.8 Å². The molecular formula is C11H25N3O3S. The molecule has 1 atom stereocenters. The van der Waals surface area contributed by atoms with E-state index in [9.17, 15) is 8.42 Å². The molecule has 1 aliphatic heterocycles. The van der Waals surface area contributed by atoms with Gasteiger partial charge in [0.15, 0.2) is 0 Å². The Hall–Kier alpha value is -0.210. The van der Waals surface area contributed by atoms with Crippen LogP contribution in [0.3, 0.4) is 0 Å². The second-order valence-electron chi connectivity index (χ2n) is 4.68. The van der Waals surface area contributed by atoms with E-state index in [0.29, 0.717) is 25.6 Å². The zero-order chi connectivity index (χ0) is 13.6. The second-order valence-corrected chi connectivity index (χ2v) is 6.54. The Morgan fingerprint density at radius 2 is 2.22 bits per heavy atom. The zero-order valence-electron chi connectivity index (χ0n) is 11.3. The van der Waals surface area contributed by atoms with Gasteiger partial charge in [-0.1, -0.05) is 6.92 Å². The molecule has 1 saturated heterocycles. The lowest BCUT2D eigenvalue weighted by Crippen LogP contribution is -2.45. The molecular weight excluding hydrogens is 254 g/mol. The molecule has 2 N–H and O–H groups in total. The molecule has 7 heteroatoms. The second kappa shape index (κ2) is 7.40. The number of rotatable bonds is 8. The SMILES string of the molecule is CCN1CCCC1CNS(=O)(=O)N(C)CCCO. The van der Waals surface area contributed by atoms with Gasteiger partial charge in [-0.3, -0.25) is 4.90 Å². The van der Waals surface area contributed by atoms with Gasteiger partial charge in [-0.15, -0.1) is 0 Å². The molecule has 0 spiro atoms. The minimum atomic E-state index is -3.41. The molecule has 0 aromatic rings. The van der Waals surface area contributed by atoms with Crippen LogP contribution in [0.4, 0.5) is 0 Å². The van der Waals surface area contributed by atoms with Gasteiger partial charge < -0.3 is 5.11 Å². The number of likely N-dealkylation sites (N-methyl/N-ethyl adjacent to an activating group) is 1. The lowest BCUT2D eigenvalue weighted by molar-refractivity contribution is 0.264. The van der Waals surface area contributed by atoms with Gasteiger partial charge >= 0.3 is 0 Å². The third-order valence-corrected chi connectivity index (χ3v) is 4.98. The number of nitrogens with zero attached hydrogens (tertiary/aromatic N) is 2. The van der Waals surface area contributed by atoms with Crippen molar-refractivity contribution in [1.29, 1.82) is 0 Å². The van der Waals surface area contributed by atoms with Crippen LogP contribution in [0.25, 0.3) is 0 Å². The molecule has 0 bridgehead atoms. The highest BCUT2D eigenvalue weighted by molar-refractivity contribution is 7.87. The van der Waals surface area contributed by atoms with Crippen LogP contribution in [0.2, 0.25) is 0 Å². The van der Waals surface area contributed by atoms with E-state index >= 15 is 0 Å². The highest BCUT2D eigenvalue weighted by atomic mass is 32.2. The molecule has 0 aliphatic carbocycles. The summed E-state index contributed by atoms with van der Waals surface area (Å²) in [5, 5.41) is 8.70. The first-order valence-corrected chi connectivity index (χ1v) is 8.01. The van der Waals surface area contributed by atoms with Crippen LogP contribution >= 0.6 is 0 Å². The Labute approximate surface area is 110 Å². The molecule has 1 unspecified atom stereocenters. The first-order chi connectivity index (χ1) is 8.51. The number of aliphatic hydroxyl groups excluding tert-OH is 1. The summed E-state index contributed by atoms with van der Waals surface area (Å²) in [6.45, 7) is 4.94. The van der Waals surface area contributed by atoms with Crippen LogP contribution < -0.4 is 4.72 Å². The number of likely N-dealkylation sites (tertiary alicyclic amines) is 1. The Balaban J connectivity index is 2.41. The maximum absolute atomic E-state index is 11.9. The van der Waals surface area contributed by atoms with Crippen LogP contribution in [0.15, 0.2) is 0 Å². The highest BCUT2D eigenvalue weighted by Gasteiger charge is 2.25. The monoisotopic (exact) mass is 279 g/mol. The molecule has 0 aromatic heterocycles. The summed E-state index contributed by atoms with van der Waals surface area (Å²) >= 11 is 0. The largest absolute Gasteiger partial charge is 0.396 e. The maximum Gasteiger partial charge on any atom is 0.279 e. The van der Waals surface area contributed by atoms with Crippen molar-refractivity contribution in [2.24, 2.45) is 0 Å². The minimum absolute atomic E-state index is 0.00605. The van der Waals surface area contributed by atoms with E-state index in [4.69, 9.17) is 5.11 Å². The first kappa shape index (κ1) is 15.8. The molecule has 0 amide bonds. The van der Waals surface area contributed by atoms with E-state index in [-0.39, 0.29) is 6.61 Å². The van der Waals surface area contributed by atoms with E-state index in [2.05, 4.69) is 16.5 Å². The van der Waals surface area contributed by atoms with Crippen molar-refractivity contribution in [3.63, 3.8) is 0 Å². The summed E-state index contributed by atoms with van der Waals surface area (Å²) in [6, 6.07) is 0.316. The Morgan fingerprint density at radius 3 is 2.83 bits per heavy atom. The van der Waals surface area contributed by atoms with Crippen LogP contribution in [-0.4, -0.2) is 68.6 Å². The molecule has 1 fully saturated rings. The Bertz CT molecular complexity index is 334. The maximum atomic E-state index is 11.9. The van der Waals surface area contributed by atoms with Crippen LogP contribution in [0.1, 0.15) is 26.2 Å². The van der Waals surface area contributed by atoms with Gasteiger partial charge in [-0.2, -0.15) is 12.7 Å². The van der Waals surface area contributed by atoms with Crippen molar-refractivity contribution >= 4 is 10.2 Å². The molecule has 1 rings (SSSR count). The molecule has 108 valence electrons. The van der Waals surface area contributed by atoms with Gasteiger partial charge in [-0.05, 0) is 32.4 Å². The van der Waals surface area contributed by atoms with Crippen molar-refractivity contribution in [1.82, 2.24) is 13.9 Å². The Morgan fingerprint density at radius 1 is 1.50 bits per heavy atom. The molecule has 1 heterocycles. The van der Waals surface area contributed by atoms with Gasteiger partial charge in [0.1, 0.15) is 0 Å². The van der Waals surface area contributed by atoms with Gasteiger partial charge in [-0.25, -0.2) is 4.72 Å². The summed E-state index contributed by atoms with van der Waals surface area (Å²) in [6.07, 6.45) is 2.65. The summed E-state index contributed by atoms with van der Waals surface area (Å²) in [4.78, 5) is 2.30. The fourth-order valence-electron chi connectivity index (χ4n) is 2.27. The fourth-order valence-corrected chi connectivity index (χ4v) is 3.26. The number of hydrogen-bond acceptors (Lipinski definition) is 4. The topological polar surface area (TPSA) is 72.9 Å². The summed E-state index contributed by atoms with van der Waals surface area (Å²) in [5.41, 5.74) is 0. The lowest BCUT2D eigenvalue weighted by Gasteiger charge is -2.24. The van der Waals surface area contributed by atoms with E-state index in [1.165, 1.54) is 11.4 Å². The van der Waals surface area contributed by atoms with Crippen molar-refractivity contribution < 1.29 is 13.5 Å². The van der Waals surface area contributed by atoms with Crippen LogP contribution in [0, 0.1) is 0 Å². The average molecular weight is 279 g/mol. The molecule has 6 nitrogen and oxygen atoms in total. The standard InChI is InChI=1S/C11H25N3O3S/c1-3-14-8-4-6-11(14)10-12-18(16,17)13(2)7-5-9-15/h11-12,15H,3-10H2,1-2H3. The Kier molecular flexibility index (Phi) is 6.51. The minimum Gasteiger partial charge on any atom is -0.396 e. The normalized spacial score (nSPS) is 21.9.